The van der Waals surface area contributed by atoms with Crippen LogP contribution in [-0.4, -0.2) is 29.6 Å². The third-order valence-corrected chi connectivity index (χ3v) is 10.2. The van der Waals surface area contributed by atoms with Gasteiger partial charge in [0, 0.05) is 6.54 Å². The molecule has 0 aliphatic heterocycles. The van der Waals surface area contributed by atoms with E-state index >= 15 is 0 Å². The molecule has 51 heavy (non-hydrogen) atoms. The second-order valence-corrected chi connectivity index (χ2v) is 14.4. The van der Waals surface area contributed by atoms with Gasteiger partial charge in [0.2, 0.25) is 11.8 Å². The highest BCUT2D eigenvalue weighted by Gasteiger charge is 2.38. The lowest BCUT2D eigenvalue weighted by atomic mass is 9.84. The summed E-state index contributed by atoms with van der Waals surface area (Å²) in [6.07, 6.45) is 0.708. The number of thioether (sulfide) groups is 1. The lowest BCUT2D eigenvalue weighted by Crippen LogP contribution is -2.44. The van der Waals surface area contributed by atoms with Gasteiger partial charge in [-0.25, -0.2) is 4.79 Å². The summed E-state index contributed by atoms with van der Waals surface area (Å²) < 4.78 is 5.07. The van der Waals surface area contributed by atoms with Crippen molar-refractivity contribution in [1.82, 2.24) is 10.6 Å². The van der Waals surface area contributed by atoms with E-state index in [0.29, 0.717) is 13.0 Å². The Morgan fingerprint density at radius 1 is 0.647 bits per heavy atom. The normalized spacial score (nSPS) is 11.8. The molecule has 2 amide bonds. The Balaban J connectivity index is 1.20. The second-order valence-electron chi connectivity index (χ2n) is 13.2. The number of benzene rings is 5. The summed E-state index contributed by atoms with van der Waals surface area (Å²) in [6, 6.07) is 45.4. The van der Waals surface area contributed by atoms with Gasteiger partial charge in [0.15, 0.2) is 0 Å². The number of nitrogens with one attached hydrogen (secondary N) is 2. The Morgan fingerprint density at radius 3 is 1.65 bits per heavy atom. The van der Waals surface area contributed by atoms with E-state index in [2.05, 4.69) is 47.0 Å². The second kappa shape index (κ2) is 18.2. The number of aryl methyl sites for hydroxylation is 1. The number of hydrogen-bond acceptors (Lipinski definition) is 5. The van der Waals surface area contributed by atoms with Crippen LogP contribution in [0.5, 0.6) is 0 Å². The van der Waals surface area contributed by atoms with E-state index < -0.39 is 16.8 Å². The van der Waals surface area contributed by atoms with Crippen LogP contribution in [-0.2, 0) is 43.4 Å². The highest BCUT2D eigenvalue weighted by Crippen LogP contribution is 2.48. The van der Waals surface area contributed by atoms with Crippen molar-refractivity contribution in [2.45, 2.75) is 57.6 Å². The van der Waals surface area contributed by atoms with Crippen LogP contribution in [0.4, 0.5) is 0 Å². The Hall–Kier alpha value is -5.14. The van der Waals surface area contributed by atoms with Gasteiger partial charge in [-0.05, 0) is 52.6 Å². The molecular weight excluding hydrogens is 653 g/mol. The third kappa shape index (κ3) is 10.4. The van der Waals surface area contributed by atoms with Crippen LogP contribution < -0.4 is 10.6 Å². The predicted octanol–water partition coefficient (Wildman–Crippen LogP) is 8.15. The molecule has 5 aromatic carbocycles. The maximum absolute atomic E-state index is 13.6. The quantitative estimate of drug-likeness (QED) is 0.0803. The molecule has 1 atom stereocenters. The first-order valence-corrected chi connectivity index (χ1v) is 18.4. The number of amides is 2. The Labute approximate surface area is 306 Å². The average molecular weight is 699 g/mol. The van der Waals surface area contributed by atoms with Gasteiger partial charge in [0.1, 0.15) is 12.6 Å². The van der Waals surface area contributed by atoms with E-state index in [9.17, 15) is 14.4 Å². The van der Waals surface area contributed by atoms with Crippen molar-refractivity contribution in [3.05, 3.63) is 178 Å². The molecule has 0 radical (unpaired) electrons. The van der Waals surface area contributed by atoms with Crippen molar-refractivity contribution < 1.29 is 19.1 Å². The molecule has 5 aromatic rings. The molecule has 0 fully saturated rings. The van der Waals surface area contributed by atoms with E-state index in [1.165, 1.54) is 17.3 Å². The standard InChI is InChI=1S/C44H46N2O4S/c1-32(2)27-40(43(49)50-30-36-25-23-34(24-26-36)28-41(47)45-29-35-21-19-33(3)20-22-35)46-42(48)31-51-44(37-13-7-4-8-14-37,38-15-9-5-10-16-38)39-17-11-6-12-18-39/h4-26,32,40H,27-31H2,1-3H3,(H,45,47)(H,46,48)/t40-/m0/s1. The van der Waals surface area contributed by atoms with E-state index in [0.717, 1.165) is 33.4 Å². The van der Waals surface area contributed by atoms with Crippen molar-refractivity contribution in [3.8, 4) is 0 Å². The van der Waals surface area contributed by atoms with Crippen molar-refractivity contribution >= 4 is 29.5 Å². The van der Waals surface area contributed by atoms with Crippen molar-refractivity contribution in [3.63, 3.8) is 0 Å². The minimum atomic E-state index is -0.783. The minimum Gasteiger partial charge on any atom is -0.459 e. The zero-order valence-corrected chi connectivity index (χ0v) is 30.3. The lowest BCUT2D eigenvalue weighted by Gasteiger charge is -2.35. The zero-order valence-electron chi connectivity index (χ0n) is 29.5. The number of carbonyl (C=O) groups is 3. The first kappa shape index (κ1) is 37.1. The predicted molar refractivity (Wildman–Crippen MR) is 206 cm³/mol. The molecule has 2 N–H and O–H groups in total. The number of rotatable bonds is 16. The zero-order chi connectivity index (χ0) is 36.1. The topological polar surface area (TPSA) is 84.5 Å². The van der Waals surface area contributed by atoms with Crippen LogP contribution in [0.3, 0.4) is 0 Å². The Bertz CT molecular complexity index is 1750. The fraction of sp³-hybridized carbons (Fsp3) is 0.250. The van der Waals surface area contributed by atoms with Gasteiger partial charge in [-0.1, -0.05) is 159 Å². The van der Waals surface area contributed by atoms with E-state index in [-0.39, 0.29) is 36.5 Å². The van der Waals surface area contributed by atoms with Crippen molar-refractivity contribution in [1.29, 1.82) is 0 Å². The molecule has 0 heterocycles. The molecule has 0 bridgehead atoms. The summed E-state index contributed by atoms with van der Waals surface area (Å²) in [6.45, 7) is 6.61. The van der Waals surface area contributed by atoms with Crippen LogP contribution in [0, 0.1) is 12.8 Å². The van der Waals surface area contributed by atoms with Crippen LogP contribution in [0.1, 0.15) is 59.2 Å². The molecule has 262 valence electrons. The Morgan fingerprint density at radius 2 is 1.14 bits per heavy atom. The number of hydrogen-bond donors (Lipinski definition) is 2. The number of ether oxygens (including phenoxy) is 1. The van der Waals surface area contributed by atoms with Gasteiger partial charge in [0.25, 0.3) is 0 Å². The van der Waals surface area contributed by atoms with Crippen LogP contribution in [0.15, 0.2) is 140 Å². The van der Waals surface area contributed by atoms with Gasteiger partial charge in [-0.3, -0.25) is 9.59 Å². The molecular formula is C44H46N2O4S. The smallest absolute Gasteiger partial charge is 0.328 e. The summed E-state index contributed by atoms with van der Waals surface area (Å²) in [5.41, 5.74) is 7.09. The van der Waals surface area contributed by atoms with E-state index in [1.807, 2.05) is 124 Å². The molecule has 0 unspecified atom stereocenters. The van der Waals surface area contributed by atoms with Gasteiger partial charge < -0.3 is 15.4 Å². The largest absolute Gasteiger partial charge is 0.459 e. The van der Waals surface area contributed by atoms with Gasteiger partial charge >= 0.3 is 5.97 Å². The highest BCUT2D eigenvalue weighted by molar-refractivity contribution is 8.01. The SMILES string of the molecule is Cc1ccc(CNC(=O)Cc2ccc(COC(=O)[C@H](CC(C)C)NC(=O)CSC(c3ccccc3)(c3ccccc3)c3ccccc3)cc2)cc1. The number of esters is 1. The fourth-order valence-electron chi connectivity index (χ4n) is 6.03. The maximum Gasteiger partial charge on any atom is 0.328 e. The van der Waals surface area contributed by atoms with Gasteiger partial charge in [-0.15, -0.1) is 11.8 Å². The van der Waals surface area contributed by atoms with E-state index in [1.54, 1.807) is 0 Å². The fourth-order valence-corrected chi connectivity index (χ4v) is 7.37. The summed E-state index contributed by atoms with van der Waals surface area (Å²) >= 11 is 1.53. The van der Waals surface area contributed by atoms with Crippen LogP contribution >= 0.6 is 11.8 Å². The molecule has 0 aliphatic carbocycles. The van der Waals surface area contributed by atoms with Crippen molar-refractivity contribution in [2.75, 3.05) is 5.75 Å². The first-order chi connectivity index (χ1) is 24.7. The monoisotopic (exact) mass is 698 g/mol. The molecule has 5 rings (SSSR count). The summed E-state index contributed by atoms with van der Waals surface area (Å²) in [4.78, 5) is 39.5. The van der Waals surface area contributed by atoms with Crippen molar-refractivity contribution in [2.24, 2.45) is 5.92 Å². The van der Waals surface area contributed by atoms with Gasteiger partial charge in [0.05, 0.1) is 16.9 Å². The lowest BCUT2D eigenvalue weighted by molar-refractivity contribution is -0.149. The molecule has 6 nitrogen and oxygen atoms in total. The minimum absolute atomic E-state index is 0.0614. The summed E-state index contributed by atoms with van der Waals surface area (Å²) in [7, 11) is 0. The summed E-state index contributed by atoms with van der Waals surface area (Å²) in [5.74, 6) is -0.486. The summed E-state index contributed by atoms with van der Waals surface area (Å²) in [5, 5.41) is 5.95. The first-order valence-electron chi connectivity index (χ1n) is 17.4. The Kier molecular flexibility index (Phi) is 13.2. The molecule has 0 spiro atoms. The molecule has 0 aliphatic rings. The average Bonchev–Trinajstić information content (AvgIpc) is 3.15. The third-order valence-electron chi connectivity index (χ3n) is 8.67. The number of carbonyl (C=O) groups excluding carboxylic acids is 3. The molecule has 0 aromatic heterocycles. The van der Waals surface area contributed by atoms with Gasteiger partial charge in [-0.2, -0.15) is 0 Å². The van der Waals surface area contributed by atoms with Crippen LogP contribution in [0.25, 0.3) is 0 Å². The van der Waals surface area contributed by atoms with E-state index in [4.69, 9.17) is 4.74 Å². The van der Waals surface area contributed by atoms with Crippen LogP contribution in [0.2, 0.25) is 0 Å². The molecule has 0 saturated carbocycles. The molecule has 7 heteroatoms. The maximum atomic E-state index is 13.6. The highest BCUT2D eigenvalue weighted by atomic mass is 32.2. The molecule has 0 saturated heterocycles.